The van der Waals surface area contributed by atoms with E-state index in [1.165, 1.54) is 19.3 Å². The highest BCUT2D eigenvalue weighted by molar-refractivity contribution is 5.90. The highest BCUT2D eigenvalue weighted by atomic mass is 16.4. The summed E-state index contributed by atoms with van der Waals surface area (Å²) in [5.41, 5.74) is -0.909. The SMILES string of the molecule is CCC1(C(=O)O)CCCN1C(=O)C1C2CCCC21. The predicted molar refractivity (Wildman–Crippen MR) is 65.9 cm³/mol. The first-order valence-corrected chi connectivity index (χ1v) is 7.16. The van der Waals surface area contributed by atoms with Gasteiger partial charge in [-0.1, -0.05) is 13.3 Å². The molecule has 3 aliphatic rings. The molecule has 0 radical (unpaired) electrons. The Morgan fingerprint density at radius 3 is 2.50 bits per heavy atom. The molecule has 3 unspecified atom stereocenters. The Balaban J connectivity index is 1.79. The van der Waals surface area contributed by atoms with Crippen LogP contribution in [0.2, 0.25) is 0 Å². The van der Waals surface area contributed by atoms with Gasteiger partial charge >= 0.3 is 5.97 Å². The molecule has 2 saturated carbocycles. The van der Waals surface area contributed by atoms with Crippen molar-refractivity contribution >= 4 is 11.9 Å². The van der Waals surface area contributed by atoms with Crippen LogP contribution in [0.3, 0.4) is 0 Å². The van der Waals surface area contributed by atoms with E-state index in [0.29, 0.717) is 31.2 Å². The summed E-state index contributed by atoms with van der Waals surface area (Å²) >= 11 is 0. The fourth-order valence-corrected chi connectivity index (χ4v) is 4.31. The van der Waals surface area contributed by atoms with Gasteiger partial charge in [0.25, 0.3) is 0 Å². The summed E-state index contributed by atoms with van der Waals surface area (Å²) in [7, 11) is 0. The molecule has 1 saturated heterocycles. The molecule has 18 heavy (non-hydrogen) atoms. The van der Waals surface area contributed by atoms with E-state index in [4.69, 9.17) is 0 Å². The maximum atomic E-state index is 12.6. The molecule has 4 nitrogen and oxygen atoms in total. The summed E-state index contributed by atoms with van der Waals surface area (Å²) in [6, 6.07) is 0. The van der Waals surface area contributed by atoms with Crippen LogP contribution >= 0.6 is 0 Å². The Morgan fingerprint density at radius 2 is 1.94 bits per heavy atom. The first-order valence-electron chi connectivity index (χ1n) is 7.16. The Hall–Kier alpha value is -1.06. The van der Waals surface area contributed by atoms with Crippen molar-refractivity contribution in [3.63, 3.8) is 0 Å². The maximum Gasteiger partial charge on any atom is 0.329 e. The Kier molecular flexibility index (Phi) is 2.65. The Morgan fingerprint density at radius 1 is 1.28 bits per heavy atom. The normalized spacial score (nSPS) is 41.8. The van der Waals surface area contributed by atoms with E-state index < -0.39 is 11.5 Å². The van der Waals surface area contributed by atoms with Crippen LogP contribution in [0.15, 0.2) is 0 Å². The van der Waals surface area contributed by atoms with Crippen LogP contribution in [0.4, 0.5) is 0 Å². The van der Waals surface area contributed by atoms with Gasteiger partial charge in [-0.3, -0.25) is 4.79 Å². The van der Waals surface area contributed by atoms with Gasteiger partial charge in [0.05, 0.1) is 0 Å². The lowest BCUT2D eigenvalue weighted by Crippen LogP contribution is -2.53. The lowest BCUT2D eigenvalue weighted by Gasteiger charge is -2.34. The molecule has 3 rings (SSSR count). The second-order valence-corrected chi connectivity index (χ2v) is 6.07. The summed E-state index contributed by atoms with van der Waals surface area (Å²) < 4.78 is 0. The number of carbonyl (C=O) groups excluding carboxylic acids is 1. The quantitative estimate of drug-likeness (QED) is 0.833. The molecule has 0 aromatic heterocycles. The molecule has 1 heterocycles. The third-order valence-electron chi connectivity index (χ3n) is 5.43. The maximum absolute atomic E-state index is 12.6. The number of nitrogens with zero attached hydrogens (tertiary/aromatic N) is 1. The molecule has 3 atom stereocenters. The Labute approximate surface area is 107 Å². The molecule has 0 spiro atoms. The number of rotatable bonds is 3. The molecule has 0 bridgehead atoms. The summed E-state index contributed by atoms with van der Waals surface area (Å²) in [6.07, 6.45) is 5.55. The highest BCUT2D eigenvalue weighted by Crippen LogP contribution is 2.58. The number of hydrogen-bond donors (Lipinski definition) is 1. The zero-order valence-corrected chi connectivity index (χ0v) is 10.9. The number of carboxylic acids is 1. The first kappa shape index (κ1) is 12.0. The average Bonchev–Trinajstić information content (AvgIpc) is 2.77. The topological polar surface area (TPSA) is 57.6 Å². The largest absolute Gasteiger partial charge is 0.479 e. The van der Waals surface area contributed by atoms with Gasteiger partial charge in [0.1, 0.15) is 5.54 Å². The lowest BCUT2D eigenvalue weighted by atomic mass is 9.92. The molecule has 1 aliphatic heterocycles. The number of fused-ring (bicyclic) bond motifs is 1. The predicted octanol–water partition coefficient (Wildman–Crippen LogP) is 1.89. The van der Waals surface area contributed by atoms with Crippen molar-refractivity contribution in [3.05, 3.63) is 0 Å². The molecule has 100 valence electrons. The lowest BCUT2D eigenvalue weighted by molar-refractivity contribution is -0.157. The minimum absolute atomic E-state index is 0.131. The third kappa shape index (κ3) is 1.44. The van der Waals surface area contributed by atoms with E-state index >= 15 is 0 Å². The second kappa shape index (κ2) is 3.97. The van der Waals surface area contributed by atoms with Gasteiger partial charge in [0, 0.05) is 12.5 Å². The molecule has 4 heteroatoms. The number of aliphatic carboxylic acids is 1. The minimum Gasteiger partial charge on any atom is -0.479 e. The standard InChI is InChI=1S/C14H21NO3/c1-2-14(13(17)18)7-4-8-15(14)12(16)11-9-5-3-6-10(9)11/h9-11H,2-8H2,1H3,(H,17,18). The number of hydrogen-bond acceptors (Lipinski definition) is 2. The first-order chi connectivity index (χ1) is 8.62. The van der Waals surface area contributed by atoms with Gasteiger partial charge < -0.3 is 10.0 Å². The van der Waals surface area contributed by atoms with Crippen molar-refractivity contribution in [2.45, 2.75) is 51.0 Å². The molecule has 1 amide bonds. The van der Waals surface area contributed by atoms with Crippen molar-refractivity contribution in [1.29, 1.82) is 0 Å². The van der Waals surface area contributed by atoms with E-state index in [0.717, 1.165) is 6.42 Å². The molecular formula is C14H21NO3. The minimum atomic E-state index is -0.909. The van der Waals surface area contributed by atoms with Crippen molar-refractivity contribution in [2.24, 2.45) is 17.8 Å². The van der Waals surface area contributed by atoms with E-state index in [2.05, 4.69) is 0 Å². The van der Waals surface area contributed by atoms with Crippen LogP contribution in [0, 0.1) is 17.8 Å². The number of carbonyl (C=O) groups is 2. The fourth-order valence-electron chi connectivity index (χ4n) is 4.31. The number of carboxylic acid groups (broad SMARTS) is 1. The van der Waals surface area contributed by atoms with Crippen molar-refractivity contribution < 1.29 is 14.7 Å². The van der Waals surface area contributed by atoms with Gasteiger partial charge in [0.15, 0.2) is 0 Å². The number of likely N-dealkylation sites (tertiary alicyclic amines) is 1. The zero-order valence-electron chi connectivity index (χ0n) is 10.9. The third-order valence-corrected chi connectivity index (χ3v) is 5.43. The number of amides is 1. The van der Waals surface area contributed by atoms with E-state index in [1.54, 1.807) is 4.90 Å². The molecular weight excluding hydrogens is 230 g/mol. The van der Waals surface area contributed by atoms with Crippen LogP contribution in [0.1, 0.15) is 45.4 Å². The van der Waals surface area contributed by atoms with Crippen LogP contribution < -0.4 is 0 Å². The van der Waals surface area contributed by atoms with Crippen LogP contribution in [-0.4, -0.2) is 34.0 Å². The van der Waals surface area contributed by atoms with Crippen molar-refractivity contribution in [3.8, 4) is 0 Å². The van der Waals surface area contributed by atoms with Gasteiger partial charge in [-0.05, 0) is 43.9 Å². The monoisotopic (exact) mass is 251 g/mol. The van der Waals surface area contributed by atoms with Crippen molar-refractivity contribution in [2.75, 3.05) is 6.54 Å². The molecule has 0 aromatic rings. The molecule has 2 aliphatic carbocycles. The smallest absolute Gasteiger partial charge is 0.329 e. The molecule has 0 aromatic carbocycles. The van der Waals surface area contributed by atoms with Crippen LogP contribution in [0.5, 0.6) is 0 Å². The summed E-state index contributed by atoms with van der Waals surface area (Å²) in [6.45, 7) is 2.52. The Bertz CT molecular complexity index is 385. The summed E-state index contributed by atoms with van der Waals surface area (Å²) in [5, 5.41) is 9.49. The zero-order chi connectivity index (χ0) is 12.9. The van der Waals surface area contributed by atoms with Gasteiger partial charge in [0.2, 0.25) is 5.91 Å². The molecule has 3 fully saturated rings. The van der Waals surface area contributed by atoms with E-state index in [1.807, 2.05) is 6.92 Å². The van der Waals surface area contributed by atoms with Crippen LogP contribution in [0.25, 0.3) is 0 Å². The molecule has 1 N–H and O–H groups in total. The highest BCUT2D eigenvalue weighted by Gasteiger charge is 2.60. The van der Waals surface area contributed by atoms with E-state index in [-0.39, 0.29) is 11.8 Å². The van der Waals surface area contributed by atoms with Gasteiger partial charge in [-0.25, -0.2) is 4.79 Å². The second-order valence-electron chi connectivity index (χ2n) is 6.07. The fraction of sp³-hybridized carbons (Fsp3) is 0.857. The summed E-state index contributed by atoms with van der Waals surface area (Å²) in [4.78, 5) is 25.8. The average molecular weight is 251 g/mol. The van der Waals surface area contributed by atoms with Gasteiger partial charge in [-0.2, -0.15) is 0 Å². The van der Waals surface area contributed by atoms with E-state index in [9.17, 15) is 14.7 Å². The van der Waals surface area contributed by atoms with Crippen LogP contribution in [-0.2, 0) is 9.59 Å². The van der Waals surface area contributed by atoms with Gasteiger partial charge in [-0.15, -0.1) is 0 Å². The summed E-state index contributed by atoms with van der Waals surface area (Å²) in [5.74, 6) is 0.609. The van der Waals surface area contributed by atoms with Crippen molar-refractivity contribution in [1.82, 2.24) is 4.90 Å².